The van der Waals surface area contributed by atoms with Crippen molar-refractivity contribution >= 4 is 5.69 Å². The molecule has 0 saturated heterocycles. The molecule has 0 aromatic heterocycles. The number of halogens is 3. The Hall–Kier alpha value is -1.19. The molecule has 1 aliphatic carbocycles. The van der Waals surface area contributed by atoms with Gasteiger partial charge in [0.15, 0.2) is 0 Å². The third-order valence-electron chi connectivity index (χ3n) is 2.43. The Balaban J connectivity index is 2.40. The minimum absolute atomic E-state index is 0.247. The average molecular weight is 201 g/mol. The van der Waals surface area contributed by atoms with Crippen molar-refractivity contribution in [1.82, 2.24) is 0 Å². The number of rotatable bonds is 1. The first-order valence-corrected chi connectivity index (χ1v) is 4.45. The first kappa shape index (κ1) is 9.37. The number of benzene rings is 1. The van der Waals surface area contributed by atoms with Crippen LogP contribution < -0.4 is 5.73 Å². The fourth-order valence-electron chi connectivity index (χ4n) is 1.50. The van der Waals surface area contributed by atoms with E-state index in [9.17, 15) is 13.2 Å². The van der Waals surface area contributed by atoms with Crippen molar-refractivity contribution in [1.29, 1.82) is 0 Å². The van der Waals surface area contributed by atoms with E-state index < -0.39 is 11.7 Å². The minimum Gasteiger partial charge on any atom is -0.398 e. The second-order valence-corrected chi connectivity index (χ2v) is 3.62. The third-order valence-corrected chi connectivity index (χ3v) is 2.43. The Kier molecular flexibility index (Phi) is 1.94. The molecule has 1 saturated carbocycles. The highest BCUT2D eigenvalue weighted by atomic mass is 19.4. The summed E-state index contributed by atoms with van der Waals surface area (Å²) in [6.45, 7) is 0. The number of alkyl halides is 3. The molecule has 0 radical (unpaired) electrons. The maximum absolute atomic E-state index is 12.3. The largest absolute Gasteiger partial charge is 0.416 e. The summed E-state index contributed by atoms with van der Waals surface area (Å²) in [6.07, 6.45) is -2.37. The Morgan fingerprint density at radius 2 is 1.86 bits per heavy atom. The van der Waals surface area contributed by atoms with Crippen LogP contribution in [0, 0.1) is 0 Å². The van der Waals surface area contributed by atoms with Crippen LogP contribution in [0.5, 0.6) is 0 Å². The molecule has 1 nitrogen and oxygen atoms in total. The van der Waals surface area contributed by atoms with Gasteiger partial charge in [0, 0.05) is 5.69 Å². The lowest BCUT2D eigenvalue weighted by Gasteiger charge is -2.10. The van der Waals surface area contributed by atoms with Gasteiger partial charge < -0.3 is 5.73 Å². The van der Waals surface area contributed by atoms with Gasteiger partial charge in [-0.3, -0.25) is 0 Å². The molecule has 0 aliphatic heterocycles. The summed E-state index contributed by atoms with van der Waals surface area (Å²) >= 11 is 0. The van der Waals surface area contributed by atoms with Crippen molar-refractivity contribution in [3.63, 3.8) is 0 Å². The van der Waals surface area contributed by atoms with E-state index in [1.54, 1.807) is 0 Å². The van der Waals surface area contributed by atoms with Gasteiger partial charge in [0.1, 0.15) is 0 Å². The van der Waals surface area contributed by atoms with Crippen LogP contribution in [0.3, 0.4) is 0 Å². The molecule has 0 unspecified atom stereocenters. The molecule has 2 N–H and O–H groups in total. The SMILES string of the molecule is Nc1ccc(C(F)(F)F)cc1C1CC1. The van der Waals surface area contributed by atoms with Crippen LogP contribution in [-0.4, -0.2) is 0 Å². The van der Waals surface area contributed by atoms with Gasteiger partial charge in [-0.1, -0.05) is 0 Å². The molecule has 1 aliphatic rings. The summed E-state index contributed by atoms with van der Waals surface area (Å²) in [4.78, 5) is 0. The minimum atomic E-state index is -4.27. The molecule has 1 aromatic rings. The first-order chi connectivity index (χ1) is 6.48. The third kappa shape index (κ3) is 1.69. The zero-order valence-corrected chi connectivity index (χ0v) is 7.43. The van der Waals surface area contributed by atoms with Gasteiger partial charge in [-0.05, 0) is 42.5 Å². The molecule has 1 aromatic carbocycles. The van der Waals surface area contributed by atoms with Crippen molar-refractivity contribution in [2.24, 2.45) is 0 Å². The lowest BCUT2D eigenvalue weighted by atomic mass is 10.0. The second-order valence-electron chi connectivity index (χ2n) is 3.62. The Morgan fingerprint density at radius 3 is 2.36 bits per heavy atom. The van der Waals surface area contributed by atoms with E-state index in [2.05, 4.69) is 0 Å². The van der Waals surface area contributed by atoms with Gasteiger partial charge in [-0.2, -0.15) is 13.2 Å². The van der Waals surface area contributed by atoms with Gasteiger partial charge in [0.2, 0.25) is 0 Å². The molecule has 2 rings (SSSR count). The van der Waals surface area contributed by atoms with Crippen molar-refractivity contribution in [2.75, 3.05) is 5.73 Å². The highest BCUT2D eigenvalue weighted by Gasteiger charge is 2.33. The highest BCUT2D eigenvalue weighted by molar-refractivity contribution is 5.52. The summed E-state index contributed by atoms with van der Waals surface area (Å²) in [6, 6.07) is 3.55. The molecule has 4 heteroatoms. The van der Waals surface area contributed by atoms with Crippen molar-refractivity contribution in [3.05, 3.63) is 29.3 Å². The van der Waals surface area contributed by atoms with Crippen molar-refractivity contribution in [2.45, 2.75) is 24.9 Å². The van der Waals surface area contributed by atoms with E-state index in [0.717, 1.165) is 18.9 Å². The van der Waals surface area contributed by atoms with Gasteiger partial charge in [0.25, 0.3) is 0 Å². The van der Waals surface area contributed by atoms with Crippen LogP contribution >= 0.6 is 0 Å². The fraction of sp³-hybridized carbons (Fsp3) is 0.400. The van der Waals surface area contributed by atoms with Gasteiger partial charge in [-0.15, -0.1) is 0 Å². The molecule has 0 spiro atoms. The summed E-state index contributed by atoms with van der Waals surface area (Å²) in [5.41, 5.74) is 6.13. The Labute approximate surface area is 79.7 Å². The first-order valence-electron chi connectivity index (χ1n) is 4.45. The lowest BCUT2D eigenvalue weighted by Crippen LogP contribution is -2.06. The highest BCUT2D eigenvalue weighted by Crippen LogP contribution is 2.44. The van der Waals surface area contributed by atoms with Crippen molar-refractivity contribution < 1.29 is 13.2 Å². The lowest BCUT2D eigenvalue weighted by molar-refractivity contribution is -0.137. The van der Waals surface area contributed by atoms with E-state index in [0.29, 0.717) is 11.3 Å². The second kappa shape index (κ2) is 2.90. The average Bonchev–Trinajstić information content (AvgIpc) is 2.85. The smallest absolute Gasteiger partial charge is 0.398 e. The summed E-state index contributed by atoms with van der Waals surface area (Å²) in [5, 5.41) is 0. The number of hydrogen-bond acceptors (Lipinski definition) is 1. The van der Waals surface area contributed by atoms with Crippen LogP contribution in [0.1, 0.15) is 29.9 Å². The van der Waals surface area contributed by atoms with Gasteiger partial charge in [-0.25, -0.2) is 0 Å². The maximum atomic E-state index is 12.3. The molecule has 0 amide bonds. The molecule has 1 fully saturated rings. The Bertz CT molecular complexity index is 353. The van der Waals surface area contributed by atoms with Gasteiger partial charge in [0.05, 0.1) is 5.56 Å². The Morgan fingerprint density at radius 1 is 1.21 bits per heavy atom. The van der Waals surface area contributed by atoms with Crippen molar-refractivity contribution in [3.8, 4) is 0 Å². The zero-order chi connectivity index (χ0) is 10.3. The molecule has 0 heterocycles. The maximum Gasteiger partial charge on any atom is 0.416 e. The molecular formula is C10H10F3N. The van der Waals surface area contributed by atoms with Crippen LogP contribution in [0.15, 0.2) is 18.2 Å². The van der Waals surface area contributed by atoms with Crippen LogP contribution in [0.4, 0.5) is 18.9 Å². The number of hydrogen-bond donors (Lipinski definition) is 1. The monoisotopic (exact) mass is 201 g/mol. The zero-order valence-electron chi connectivity index (χ0n) is 7.43. The van der Waals surface area contributed by atoms with E-state index >= 15 is 0 Å². The number of nitrogens with two attached hydrogens (primary N) is 1. The van der Waals surface area contributed by atoms with E-state index in [1.807, 2.05) is 0 Å². The normalized spacial score (nSPS) is 17.1. The summed E-state index contributed by atoms with van der Waals surface area (Å²) in [7, 11) is 0. The van der Waals surface area contributed by atoms with Crippen LogP contribution in [-0.2, 0) is 6.18 Å². The van der Waals surface area contributed by atoms with E-state index in [-0.39, 0.29) is 5.92 Å². The number of nitrogen functional groups attached to an aromatic ring is 1. The fourth-order valence-corrected chi connectivity index (χ4v) is 1.50. The molecule has 0 atom stereocenters. The predicted octanol–water partition coefficient (Wildman–Crippen LogP) is 3.17. The molecule has 76 valence electrons. The number of anilines is 1. The standard InChI is InChI=1S/C10H10F3N/c11-10(12,13)7-3-4-9(14)8(5-7)6-1-2-6/h3-6H,1-2,14H2. The van der Waals surface area contributed by atoms with Gasteiger partial charge >= 0.3 is 6.18 Å². The summed E-state index contributed by atoms with van der Waals surface area (Å²) in [5.74, 6) is 0.247. The topological polar surface area (TPSA) is 26.0 Å². The van der Waals surface area contributed by atoms with Crippen LogP contribution in [0.25, 0.3) is 0 Å². The molecule has 14 heavy (non-hydrogen) atoms. The van der Waals surface area contributed by atoms with E-state index in [1.165, 1.54) is 12.1 Å². The quantitative estimate of drug-likeness (QED) is 0.694. The predicted molar refractivity (Wildman–Crippen MR) is 47.8 cm³/mol. The molecular weight excluding hydrogens is 191 g/mol. The van der Waals surface area contributed by atoms with Crippen LogP contribution in [0.2, 0.25) is 0 Å². The summed E-state index contributed by atoms with van der Waals surface area (Å²) < 4.78 is 37.0. The van der Waals surface area contributed by atoms with E-state index in [4.69, 9.17) is 5.73 Å². The molecule has 0 bridgehead atoms.